The van der Waals surface area contributed by atoms with E-state index in [4.69, 9.17) is 23.8 Å². The predicted octanol–water partition coefficient (Wildman–Crippen LogP) is 3.93. The molecular formula is C17H10BrClN2O2S. The molecule has 2 amide bonds. The number of amides is 2. The average Bonchev–Trinajstić information content (AvgIpc) is 2.53. The minimum Gasteiger partial charge on any atom is -0.298 e. The van der Waals surface area contributed by atoms with Crippen LogP contribution in [0.2, 0.25) is 5.02 Å². The Bertz CT molecular complexity index is 898. The normalized spacial score (nSPS) is 16.5. The molecule has 0 aromatic heterocycles. The third-order valence-corrected chi connectivity index (χ3v) is 4.50. The number of hydrogen-bond donors (Lipinski definition) is 1. The van der Waals surface area contributed by atoms with Gasteiger partial charge in [-0.1, -0.05) is 51.8 Å². The van der Waals surface area contributed by atoms with Crippen LogP contribution < -0.4 is 10.2 Å². The molecule has 7 heteroatoms. The molecule has 120 valence electrons. The van der Waals surface area contributed by atoms with Gasteiger partial charge in [0.15, 0.2) is 5.11 Å². The lowest BCUT2D eigenvalue weighted by Crippen LogP contribution is -2.54. The molecule has 0 unspecified atom stereocenters. The molecule has 24 heavy (non-hydrogen) atoms. The van der Waals surface area contributed by atoms with Crippen LogP contribution >= 0.6 is 39.7 Å². The molecule has 1 fully saturated rings. The number of benzene rings is 2. The first kappa shape index (κ1) is 16.8. The van der Waals surface area contributed by atoms with E-state index in [0.717, 1.165) is 4.47 Å². The molecule has 0 saturated carbocycles. The van der Waals surface area contributed by atoms with Crippen molar-refractivity contribution in [2.24, 2.45) is 0 Å². The molecule has 1 aliphatic heterocycles. The van der Waals surface area contributed by atoms with E-state index in [2.05, 4.69) is 21.2 Å². The first-order valence-corrected chi connectivity index (χ1v) is 8.47. The Morgan fingerprint density at radius 1 is 1.12 bits per heavy atom. The highest BCUT2D eigenvalue weighted by atomic mass is 79.9. The van der Waals surface area contributed by atoms with Gasteiger partial charge in [-0.05, 0) is 48.1 Å². The number of nitrogens with one attached hydrogen (secondary N) is 1. The molecule has 1 saturated heterocycles. The van der Waals surface area contributed by atoms with Crippen molar-refractivity contribution in [3.8, 4) is 0 Å². The number of nitrogens with zero attached hydrogens (tertiary/aromatic N) is 1. The van der Waals surface area contributed by atoms with E-state index >= 15 is 0 Å². The van der Waals surface area contributed by atoms with E-state index in [1.165, 1.54) is 11.0 Å². The van der Waals surface area contributed by atoms with Crippen molar-refractivity contribution in [1.82, 2.24) is 5.32 Å². The average molecular weight is 422 g/mol. The summed E-state index contributed by atoms with van der Waals surface area (Å²) in [6.45, 7) is 0. The van der Waals surface area contributed by atoms with Gasteiger partial charge in [0.2, 0.25) is 0 Å². The number of thiocarbonyl (C=S) groups is 1. The van der Waals surface area contributed by atoms with E-state index in [1.807, 2.05) is 6.07 Å². The molecule has 4 nitrogen and oxygen atoms in total. The van der Waals surface area contributed by atoms with E-state index < -0.39 is 11.8 Å². The highest BCUT2D eigenvalue weighted by molar-refractivity contribution is 9.10. The largest absolute Gasteiger partial charge is 0.298 e. The molecule has 0 aliphatic carbocycles. The van der Waals surface area contributed by atoms with Crippen molar-refractivity contribution in [2.45, 2.75) is 0 Å². The summed E-state index contributed by atoms with van der Waals surface area (Å²) in [5.74, 6) is -1.04. The minimum atomic E-state index is -0.545. The third kappa shape index (κ3) is 3.26. The maximum atomic E-state index is 12.8. The molecule has 0 atom stereocenters. The zero-order valence-electron chi connectivity index (χ0n) is 12.1. The number of halogens is 2. The van der Waals surface area contributed by atoms with Crippen LogP contribution in [-0.4, -0.2) is 16.9 Å². The van der Waals surface area contributed by atoms with E-state index in [9.17, 15) is 9.59 Å². The lowest BCUT2D eigenvalue weighted by molar-refractivity contribution is -0.122. The fraction of sp³-hybridized carbons (Fsp3) is 0. The zero-order valence-corrected chi connectivity index (χ0v) is 15.3. The number of anilines is 1. The van der Waals surface area contributed by atoms with Crippen molar-refractivity contribution in [1.29, 1.82) is 0 Å². The van der Waals surface area contributed by atoms with Crippen molar-refractivity contribution in [3.63, 3.8) is 0 Å². The molecule has 0 bridgehead atoms. The van der Waals surface area contributed by atoms with Gasteiger partial charge in [0.25, 0.3) is 11.8 Å². The summed E-state index contributed by atoms with van der Waals surface area (Å²) >= 11 is 14.6. The number of carbonyl (C=O) groups excluding carboxylic acids is 2. The lowest BCUT2D eigenvalue weighted by Gasteiger charge is -2.29. The van der Waals surface area contributed by atoms with Gasteiger partial charge in [0.1, 0.15) is 5.57 Å². The van der Waals surface area contributed by atoms with Crippen LogP contribution in [0.1, 0.15) is 5.56 Å². The Kier molecular flexibility index (Phi) is 4.80. The smallest absolute Gasteiger partial charge is 0.270 e. The van der Waals surface area contributed by atoms with Gasteiger partial charge in [0, 0.05) is 9.50 Å². The van der Waals surface area contributed by atoms with Crippen molar-refractivity contribution >= 4 is 68.4 Å². The molecule has 2 aromatic rings. The molecule has 0 spiro atoms. The maximum absolute atomic E-state index is 12.8. The van der Waals surface area contributed by atoms with E-state index in [0.29, 0.717) is 16.3 Å². The summed E-state index contributed by atoms with van der Waals surface area (Å²) in [6.07, 6.45) is 1.47. The second-order valence-corrected chi connectivity index (χ2v) is 6.67. The third-order valence-electron chi connectivity index (χ3n) is 3.37. The Labute approximate surface area is 157 Å². The van der Waals surface area contributed by atoms with Gasteiger partial charge < -0.3 is 0 Å². The standard InChI is InChI=1S/C17H10BrClN2O2S/c18-11-5-3-6-12(9-11)21-16(23)13(15(22)20-17(21)24)8-10-4-1-2-7-14(10)19/h1-9H,(H,20,22,24)/b13-8+. The van der Waals surface area contributed by atoms with E-state index in [1.54, 1.807) is 42.5 Å². The van der Waals surface area contributed by atoms with Crippen LogP contribution in [0.4, 0.5) is 5.69 Å². The van der Waals surface area contributed by atoms with Crippen LogP contribution in [0, 0.1) is 0 Å². The molecule has 1 aliphatic rings. The van der Waals surface area contributed by atoms with Crippen LogP contribution in [-0.2, 0) is 9.59 Å². The Morgan fingerprint density at radius 2 is 1.88 bits per heavy atom. The molecule has 1 heterocycles. The van der Waals surface area contributed by atoms with Crippen molar-refractivity contribution in [2.75, 3.05) is 4.90 Å². The zero-order chi connectivity index (χ0) is 17.3. The van der Waals surface area contributed by atoms with Crippen LogP contribution in [0.25, 0.3) is 6.08 Å². The summed E-state index contributed by atoms with van der Waals surface area (Å²) in [5.41, 5.74) is 1.11. The Balaban J connectivity index is 2.05. The van der Waals surface area contributed by atoms with Gasteiger partial charge in [-0.25, -0.2) is 0 Å². The van der Waals surface area contributed by atoms with Crippen LogP contribution in [0.5, 0.6) is 0 Å². The number of rotatable bonds is 2. The highest BCUT2D eigenvalue weighted by Crippen LogP contribution is 2.26. The van der Waals surface area contributed by atoms with Gasteiger partial charge >= 0.3 is 0 Å². The topological polar surface area (TPSA) is 49.4 Å². The second-order valence-electron chi connectivity index (χ2n) is 4.96. The summed E-state index contributed by atoms with van der Waals surface area (Å²) < 4.78 is 0.795. The Morgan fingerprint density at radius 3 is 2.58 bits per heavy atom. The summed E-state index contributed by atoms with van der Waals surface area (Å²) in [5, 5.41) is 3.03. The summed E-state index contributed by atoms with van der Waals surface area (Å²) in [6, 6.07) is 14.1. The van der Waals surface area contributed by atoms with Crippen molar-refractivity contribution in [3.05, 3.63) is 69.2 Å². The van der Waals surface area contributed by atoms with E-state index in [-0.39, 0.29) is 10.7 Å². The number of hydrogen-bond acceptors (Lipinski definition) is 3. The van der Waals surface area contributed by atoms with Crippen LogP contribution in [0.3, 0.4) is 0 Å². The highest BCUT2D eigenvalue weighted by Gasteiger charge is 2.34. The summed E-state index contributed by atoms with van der Waals surface area (Å²) in [4.78, 5) is 26.3. The molecule has 3 rings (SSSR count). The Hall–Kier alpha value is -2.02. The number of carbonyl (C=O) groups is 2. The molecule has 2 aromatic carbocycles. The lowest BCUT2D eigenvalue weighted by atomic mass is 10.1. The van der Waals surface area contributed by atoms with Gasteiger partial charge in [-0.2, -0.15) is 0 Å². The first-order valence-electron chi connectivity index (χ1n) is 6.89. The monoisotopic (exact) mass is 420 g/mol. The van der Waals surface area contributed by atoms with Gasteiger partial charge in [0.05, 0.1) is 5.69 Å². The summed E-state index contributed by atoms with van der Waals surface area (Å²) in [7, 11) is 0. The van der Waals surface area contributed by atoms with Crippen LogP contribution in [0.15, 0.2) is 58.6 Å². The second kappa shape index (κ2) is 6.84. The first-order chi connectivity index (χ1) is 11.5. The molecular weight excluding hydrogens is 412 g/mol. The van der Waals surface area contributed by atoms with Crippen molar-refractivity contribution < 1.29 is 9.59 Å². The van der Waals surface area contributed by atoms with Gasteiger partial charge in [-0.15, -0.1) is 0 Å². The molecule has 1 N–H and O–H groups in total. The van der Waals surface area contributed by atoms with Gasteiger partial charge in [-0.3, -0.25) is 19.8 Å². The quantitative estimate of drug-likeness (QED) is 0.454. The maximum Gasteiger partial charge on any atom is 0.270 e. The fourth-order valence-electron chi connectivity index (χ4n) is 2.25. The minimum absolute atomic E-state index is 0.0309. The molecule has 0 radical (unpaired) electrons. The predicted molar refractivity (Wildman–Crippen MR) is 102 cm³/mol. The fourth-order valence-corrected chi connectivity index (χ4v) is 3.11. The SMILES string of the molecule is O=C1NC(=S)N(c2cccc(Br)c2)C(=O)/C1=C/c1ccccc1Cl.